The number of hydrazone groups is 1. The molecule has 11 heteroatoms. The monoisotopic (exact) mass is 553 g/mol. The number of nitrogens with zero attached hydrogens (tertiary/aromatic N) is 2. The number of hydrogen-bond donors (Lipinski definition) is 1. The molecule has 4 rings (SSSR count). The smallest absolute Gasteiger partial charge is 0.339 e. The van der Waals surface area contributed by atoms with Crippen LogP contribution in [0.1, 0.15) is 15.9 Å². The Labute approximate surface area is 208 Å². The van der Waals surface area contributed by atoms with Gasteiger partial charge in [-0.25, -0.2) is 5.43 Å². The van der Waals surface area contributed by atoms with E-state index in [-0.39, 0.29) is 21.9 Å². The van der Waals surface area contributed by atoms with Crippen molar-refractivity contribution in [1.82, 2.24) is 5.43 Å². The molecule has 176 valence electrons. The fourth-order valence-electron chi connectivity index (χ4n) is 3.17. The highest BCUT2D eigenvalue weighted by molar-refractivity contribution is 9.10. The number of halogens is 1. The van der Waals surface area contributed by atoms with Crippen LogP contribution in [0.25, 0.3) is 10.8 Å². The van der Waals surface area contributed by atoms with Crippen LogP contribution in [-0.4, -0.2) is 25.5 Å². The van der Waals surface area contributed by atoms with Gasteiger partial charge in [0.1, 0.15) is 4.90 Å². The molecule has 4 aromatic carbocycles. The summed E-state index contributed by atoms with van der Waals surface area (Å²) in [5.74, 6) is -0.530. The van der Waals surface area contributed by atoms with Crippen molar-refractivity contribution in [2.24, 2.45) is 5.10 Å². The lowest BCUT2D eigenvalue weighted by Crippen LogP contribution is -2.17. The van der Waals surface area contributed by atoms with Crippen LogP contribution in [0.4, 0.5) is 5.69 Å². The maximum absolute atomic E-state index is 12.7. The number of amides is 1. The van der Waals surface area contributed by atoms with Crippen LogP contribution in [0.2, 0.25) is 0 Å². The van der Waals surface area contributed by atoms with Gasteiger partial charge in [-0.2, -0.15) is 13.5 Å². The van der Waals surface area contributed by atoms with Crippen LogP contribution in [0.3, 0.4) is 0 Å². The highest BCUT2D eigenvalue weighted by Gasteiger charge is 2.21. The van der Waals surface area contributed by atoms with E-state index in [1.54, 1.807) is 24.3 Å². The van der Waals surface area contributed by atoms with Crippen LogP contribution in [0, 0.1) is 10.1 Å². The summed E-state index contributed by atoms with van der Waals surface area (Å²) >= 11 is 3.30. The van der Waals surface area contributed by atoms with Crippen molar-refractivity contribution in [3.05, 3.63) is 111 Å². The first kappa shape index (κ1) is 24.0. The molecule has 0 aliphatic carbocycles. The maximum Gasteiger partial charge on any atom is 0.339 e. The van der Waals surface area contributed by atoms with E-state index in [9.17, 15) is 23.3 Å². The number of nitrogens with one attached hydrogen (secondary N) is 1. The average molecular weight is 554 g/mol. The number of benzene rings is 4. The number of fused-ring (bicyclic) bond motifs is 1. The number of carbonyl (C=O) groups excluding carboxylic acids is 1. The lowest BCUT2D eigenvalue weighted by Gasteiger charge is -2.10. The van der Waals surface area contributed by atoms with E-state index in [1.165, 1.54) is 30.5 Å². The Hall–Kier alpha value is -4.09. The Morgan fingerprint density at radius 1 is 0.971 bits per heavy atom. The zero-order chi connectivity index (χ0) is 25.0. The van der Waals surface area contributed by atoms with Crippen molar-refractivity contribution < 1.29 is 22.3 Å². The molecule has 0 bridgehead atoms. The predicted molar refractivity (Wildman–Crippen MR) is 134 cm³/mol. The molecule has 35 heavy (non-hydrogen) atoms. The molecule has 0 aromatic heterocycles. The average Bonchev–Trinajstić information content (AvgIpc) is 2.85. The molecule has 1 N–H and O–H groups in total. The molecule has 0 saturated carbocycles. The number of nitro benzene ring substituents is 1. The van der Waals surface area contributed by atoms with Crippen LogP contribution in [-0.2, 0) is 10.1 Å². The molecule has 0 aliphatic rings. The molecule has 0 spiro atoms. The molecule has 0 unspecified atom stereocenters. The Balaban J connectivity index is 1.54. The van der Waals surface area contributed by atoms with Crippen LogP contribution < -0.4 is 9.61 Å². The fraction of sp³-hybridized carbons (Fsp3) is 0. The van der Waals surface area contributed by atoms with Gasteiger partial charge in [-0.1, -0.05) is 52.3 Å². The number of non-ortho nitro benzene ring substituents is 1. The third kappa shape index (κ3) is 5.70. The molecule has 0 atom stereocenters. The van der Waals surface area contributed by atoms with Gasteiger partial charge in [0.2, 0.25) is 0 Å². The van der Waals surface area contributed by atoms with E-state index in [1.807, 2.05) is 30.3 Å². The van der Waals surface area contributed by atoms with E-state index < -0.39 is 20.9 Å². The van der Waals surface area contributed by atoms with Crippen molar-refractivity contribution in [3.8, 4) is 5.75 Å². The minimum atomic E-state index is -4.38. The van der Waals surface area contributed by atoms with E-state index >= 15 is 0 Å². The molecular formula is C24H16BrN3O6S. The van der Waals surface area contributed by atoms with Crippen molar-refractivity contribution in [2.45, 2.75) is 4.90 Å². The van der Waals surface area contributed by atoms with Crippen molar-refractivity contribution in [1.29, 1.82) is 0 Å². The Bertz CT molecular complexity index is 1590. The Morgan fingerprint density at radius 2 is 1.74 bits per heavy atom. The summed E-state index contributed by atoms with van der Waals surface area (Å²) in [5, 5.41) is 16.8. The third-order valence-corrected chi connectivity index (χ3v) is 6.59. The Morgan fingerprint density at radius 3 is 2.51 bits per heavy atom. The first-order valence-corrected chi connectivity index (χ1v) is 12.2. The first-order valence-electron chi connectivity index (χ1n) is 10.0. The molecule has 0 radical (unpaired) electrons. The molecule has 0 heterocycles. The summed E-state index contributed by atoms with van der Waals surface area (Å²) in [4.78, 5) is 22.4. The molecule has 4 aromatic rings. The Kier molecular flexibility index (Phi) is 6.90. The van der Waals surface area contributed by atoms with Gasteiger partial charge in [-0.05, 0) is 47.2 Å². The highest BCUT2D eigenvalue weighted by Crippen LogP contribution is 2.26. The summed E-state index contributed by atoms with van der Waals surface area (Å²) in [6.07, 6.45) is 1.24. The third-order valence-electron chi connectivity index (χ3n) is 4.87. The second kappa shape index (κ2) is 10.0. The van der Waals surface area contributed by atoms with Gasteiger partial charge in [0.25, 0.3) is 11.6 Å². The van der Waals surface area contributed by atoms with Gasteiger partial charge < -0.3 is 4.18 Å². The SMILES string of the molecule is O=C(N/N=C\c1cc(Br)ccc1OS(=O)(=O)c1cccc([N+](=O)[O-])c1)c1ccc2ccccc2c1. The normalized spacial score (nSPS) is 11.5. The standard InChI is InChI=1S/C24H16BrN3O6S/c25-20-10-11-23(34-35(32,33)22-7-3-6-21(14-22)28(30)31)19(13-20)15-26-27-24(29)18-9-8-16-4-1-2-5-17(16)12-18/h1-15H,(H,27,29)/b26-15-. The highest BCUT2D eigenvalue weighted by atomic mass is 79.9. The van der Waals surface area contributed by atoms with Crippen LogP contribution >= 0.6 is 15.9 Å². The quantitative estimate of drug-likeness (QED) is 0.148. The lowest BCUT2D eigenvalue weighted by atomic mass is 10.1. The molecule has 9 nitrogen and oxygen atoms in total. The van der Waals surface area contributed by atoms with Crippen molar-refractivity contribution >= 4 is 54.6 Å². The molecular weight excluding hydrogens is 538 g/mol. The van der Waals surface area contributed by atoms with Gasteiger partial charge in [-0.3, -0.25) is 14.9 Å². The van der Waals surface area contributed by atoms with Gasteiger partial charge in [-0.15, -0.1) is 0 Å². The van der Waals surface area contributed by atoms with E-state index in [4.69, 9.17) is 4.18 Å². The minimum absolute atomic E-state index is 0.0802. The zero-order valence-corrected chi connectivity index (χ0v) is 20.2. The molecule has 0 fully saturated rings. The van der Waals surface area contributed by atoms with Crippen molar-refractivity contribution in [3.63, 3.8) is 0 Å². The molecule has 1 amide bonds. The van der Waals surface area contributed by atoms with E-state index in [0.29, 0.717) is 10.0 Å². The maximum atomic E-state index is 12.7. The van der Waals surface area contributed by atoms with Gasteiger partial charge in [0.15, 0.2) is 5.75 Å². The van der Waals surface area contributed by atoms with Gasteiger partial charge in [0, 0.05) is 27.7 Å². The number of carbonyl (C=O) groups is 1. The molecule has 0 aliphatic heterocycles. The second-order valence-corrected chi connectivity index (χ2v) is 9.70. The van der Waals surface area contributed by atoms with Crippen molar-refractivity contribution in [2.75, 3.05) is 0 Å². The van der Waals surface area contributed by atoms with Gasteiger partial charge >= 0.3 is 10.1 Å². The second-order valence-electron chi connectivity index (χ2n) is 7.24. The fourth-order valence-corrected chi connectivity index (χ4v) is 4.54. The number of nitro groups is 1. The summed E-state index contributed by atoms with van der Waals surface area (Å²) in [5.41, 5.74) is 2.67. The minimum Gasteiger partial charge on any atom is -0.378 e. The first-order chi connectivity index (χ1) is 16.7. The van der Waals surface area contributed by atoms with Gasteiger partial charge in [0.05, 0.1) is 11.1 Å². The van der Waals surface area contributed by atoms with E-state index in [2.05, 4.69) is 26.5 Å². The van der Waals surface area contributed by atoms with Crippen LogP contribution in [0.15, 0.2) is 99.4 Å². The lowest BCUT2D eigenvalue weighted by molar-refractivity contribution is -0.385. The summed E-state index contributed by atoms with van der Waals surface area (Å²) in [6, 6.07) is 21.9. The zero-order valence-electron chi connectivity index (χ0n) is 17.8. The molecule has 0 saturated heterocycles. The topological polar surface area (TPSA) is 128 Å². The summed E-state index contributed by atoms with van der Waals surface area (Å²) < 4.78 is 31.3. The number of hydrogen-bond acceptors (Lipinski definition) is 7. The summed E-state index contributed by atoms with van der Waals surface area (Å²) in [7, 11) is -4.38. The predicted octanol–water partition coefficient (Wildman–Crippen LogP) is 5.04. The summed E-state index contributed by atoms with van der Waals surface area (Å²) in [6.45, 7) is 0. The van der Waals surface area contributed by atoms with E-state index in [0.717, 1.165) is 16.8 Å². The van der Waals surface area contributed by atoms with Crippen LogP contribution in [0.5, 0.6) is 5.75 Å². The largest absolute Gasteiger partial charge is 0.378 e. The number of rotatable bonds is 7.